The minimum Gasteiger partial charge on any atom is -0.388 e. The standard InChI is InChI=1S/C13H20N2O2/c1-4-13(3,17)9-14-11-6-5-7-12(8-11)15-10(2)16/h5-8,14,17H,4,9H2,1-3H3,(H,15,16). The lowest BCUT2D eigenvalue weighted by Gasteiger charge is -2.22. The molecule has 1 unspecified atom stereocenters. The molecule has 1 aromatic rings. The quantitative estimate of drug-likeness (QED) is 0.734. The van der Waals surface area contributed by atoms with E-state index < -0.39 is 5.60 Å². The molecular formula is C13H20N2O2. The first kappa shape index (κ1) is 13.5. The molecule has 94 valence electrons. The van der Waals surface area contributed by atoms with Crippen LogP contribution in [0.2, 0.25) is 0 Å². The first-order chi connectivity index (χ1) is 7.93. The van der Waals surface area contributed by atoms with Gasteiger partial charge in [0.15, 0.2) is 0 Å². The van der Waals surface area contributed by atoms with Crippen LogP contribution in [0.15, 0.2) is 24.3 Å². The summed E-state index contributed by atoms with van der Waals surface area (Å²) in [5.74, 6) is -0.0947. The highest BCUT2D eigenvalue weighted by atomic mass is 16.3. The van der Waals surface area contributed by atoms with Crippen LogP contribution in [0.5, 0.6) is 0 Å². The molecule has 0 aliphatic heterocycles. The summed E-state index contributed by atoms with van der Waals surface area (Å²) in [6.07, 6.45) is 0.686. The van der Waals surface area contributed by atoms with Crippen LogP contribution in [0.4, 0.5) is 11.4 Å². The van der Waals surface area contributed by atoms with Gasteiger partial charge in [-0.05, 0) is 31.5 Å². The zero-order valence-corrected chi connectivity index (χ0v) is 10.6. The number of amides is 1. The van der Waals surface area contributed by atoms with Gasteiger partial charge in [0, 0.05) is 24.8 Å². The molecule has 0 fully saturated rings. The average molecular weight is 236 g/mol. The monoisotopic (exact) mass is 236 g/mol. The van der Waals surface area contributed by atoms with Crippen molar-refractivity contribution in [3.63, 3.8) is 0 Å². The third-order valence-electron chi connectivity index (χ3n) is 2.62. The summed E-state index contributed by atoms with van der Waals surface area (Å²) in [6, 6.07) is 7.42. The number of rotatable bonds is 5. The minimum absolute atomic E-state index is 0.0947. The highest BCUT2D eigenvalue weighted by Crippen LogP contribution is 2.17. The Kier molecular flexibility index (Phi) is 4.52. The van der Waals surface area contributed by atoms with Crippen LogP contribution in [0.3, 0.4) is 0 Å². The van der Waals surface area contributed by atoms with Crippen molar-refractivity contribution in [1.29, 1.82) is 0 Å². The van der Waals surface area contributed by atoms with Gasteiger partial charge in [-0.2, -0.15) is 0 Å². The second-order valence-corrected chi connectivity index (χ2v) is 4.47. The molecule has 0 heterocycles. The Morgan fingerprint density at radius 3 is 2.65 bits per heavy atom. The number of hydrogen-bond donors (Lipinski definition) is 3. The maximum atomic E-state index is 10.9. The average Bonchev–Trinajstić information content (AvgIpc) is 2.26. The van der Waals surface area contributed by atoms with E-state index in [1.54, 1.807) is 6.92 Å². The Morgan fingerprint density at radius 1 is 1.41 bits per heavy atom. The van der Waals surface area contributed by atoms with E-state index in [9.17, 15) is 9.90 Å². The van der Waals surface area contributed by atoms with Crippen LogP contribution >= 0.6 is 0 Å². The van der Waals surface area contributed by atoms with E-state index in [4.69, 9.17) is 0 Å². The van der Waals surface area contributed by atoms with Gasteiger partial charge in [-0.3, -0.25) is 4.79 Å². The number of carbonyl (C=O) groups is 1. The summed E-state index contributed by atoms with van der Waals surface area (Å²) in [6.45, 7) is 5.68. The van der Waals surface area contributed by atoms with Gasteiger partial charge < -0.3 is 15.7 Å². The van der Waals surface area contributed by atoms with Crippen LogP contribution < -0.4 is 10.6 Å². The molecule has 1 rings (SSSR count). The van der Waals surface area contributed by atoms with Gasteiger partial charge in [0.2, 0.25) is 5.91 Å². The van der Waals surface area contributed by atoms with E-state index in [0.29, 0.717) is 13.0 Å². The summed E-state index contributed by atoms with van der Waals surface area (Å²) in [7, 11) is 0. The van der Waals surface area contributed by atoms with E-state index in [1.807, 2.05) is 31.2 Å². The van der Waals surface area contributed by atoms with Crippen molar-refractivity contribution < 1.29 is 9.90 Å². The fourth-order valence-corrected chi connectivity index (χ4v) is 1.33. The Hall–Kier alpha value is -1.55. The number of anilines is 2. The molecule has 4 nitrogen and oxygen atoms in total. The molecule has 3 N–H and O–H groups in total. The lowest BCUT2D eigenvalue weighted by molar-refractivity contribution is -0.114. The first-order valence-corrected chi connectivity index (χ1v) is 5.77. The Balaban J connectivity index is 2.63. The molecule has 0 aliphatic carbocycles. The van der Waals surface area contributed by atoms with Crippen molar-refractivity contribution in [3.8, 4) is 0 Å². The summed E-state index contributed by atoms with van der Waals surface area (Å²) in [5, 5.41) is 15.7. The van der Waals surface area contributed by atoms with Gasteiger partial charge >= 0.3 is 0 Å². The highest BCUT2D eigenvalue weighted by Gasteiger charge is 2.16. The molecule has 1 atom stereocenters. The van der Waals surface area contributed by atoms with Gasteiger partial charge in [0.25, 0.3) is 0 Å². The second-order valence-electron chi connectivity index (χ2n) is 4.47. The maximum absolute atomic E-state index is 10.9. The van der Waals surface area contributed by atoms with Crippen molar-refractivity contribution in [1.82, 2.24) is 0 Å². The number of nitrogens with one attached hydrogen (secondary N) is 2. The zero-order valence-electron chi connectivity index (χ0n) is 10.6. The second kappa shape index (κ2) is 5.68. The van der Waals surface area contributed by atoms with Gasteiger partial charge in [-0.15, -0.1) is 0 Å². The number of aliphatic hydroxyl groups is 1. The van der Waals surface area contributed by atoms with E-state index in [1.165, 1.54) is 6.92 Å². The van der Waals surface area contributed by atoms with E-state index in [2.05, 4.69) is 10.6 Å². The molecule has 0 saturated carbocycles. The smallest absolute Gasteiger partial charge is 0.221 e. The van der Waals surface area contributed by atoms with Crippen LogP contribution in [0, 0.1) is 0 Å². The fourth-order valence-electron chi connectivity index (χ4n) is 1.33. The minimum atomic E-state index is -0.718. The molecule has 1 aromatic carbocycles. The first-order valence-electron chi connectivity index (χ1n) is 5.77. The Morgan fingerprint density at radius 2 is 2.06 bits per heavy atom. The van der Waals surface area contributed by atoms with Crippen molar-refractivity contribution in [2.75, 3.05) is 17.2 Å². The molecule has 0 saturated heterocycles. The van der Waals surface area contributed by atoms with Crippen LogP contribution in [-0.2, 0) is 4.79 Å². The normalized spacial score (nSPS) is 13.9. The maximum Gasteiger partial charge on any atom is 0.221 e. The van der Waals surface area contributed by atoms with Crippen LogP contribution in [0.25, 0.3) is 0 Å². The van der Waals surface area contributed by atoms with Crippen LogP contribution in [-0.4, -0.2) is 23.2 Å². The third kappa shape index (κ3) is 4.87. The summed E-state index contributed by atoms with van der Waals surface area (Å²) < 4.78 is 0. The molecule has 0 bridgehead atoms. The third-order valence-corrected chi connectivity index (χ3v) is 2.62. The van der Waals surface area contributed by atoms with E-state index in [0.717, 1.165) is 11.4 Å². The molecule has 1 amide bonds. The number of carbonyl (C=O) groups excluding carboxylic acids is 1. The topological polar surface area (TPSA) is 61.4 Å². The molecule has 0 aliphatic rings. The van der Waals surface area contributed by atoms with Crippen molar-refractivity contribution in [3.05, 3.63) is 24.3 Å². The molecule has 0 radical (unpaired) electrons. The van der Waals surface area contributed by atoms with Gasteiger partial charge in [-0.1, -0.05) is 13.0 Å². The highest BCUT2D eigenvalue weighted by molar-refractivity contribution is 5.89. The van der Waals surface area contributed by atoms with Crippen LogP contribution in [0.1, 0.15) is 27.2 Å². The van der Waals surface area contributed by atoms with Crippen molar-refractivity contribution in [2.24, 2.45) is 0 Å². The zero-order chi connectivity index (χ0) is 12.9. The predicted molar refractivity (Wildman–Crippen MR) is 70.2 cm³/mol. The molecule has 4 heteroatoms. The summed E-state index contributed by atoms with van der Waals surface area (Å²) in [4.78, 5) is 10.9. The van der Waals surface area contributed by atoms with Crippen molar-refractivity contribution in [2.45, 2.75) is 32.8 Å². The van der Waals surface area contributed by atoms with Gasteiger partial charge in [-0.25, -0.2) is 0 Å². The lowest BCUT2D eigenvalue weighted by Crippen LogP contribution is -2.32. The number of hydrogen-bond acceptors (Lipinski definition) is 3. The Labute approximate surface area is 102 Å². The molecular weight excluding hydrogens is 216 g/mol. The van der Waals surface area contributed by atoms with Crippen molar-refractivity contribution >= 4 is 17.3 Å². The fraction of sp³-hybridized carbons (Fsp3) is 0.462. The largest absolute Gasteiger partial charge is 0.388 e. The molecule has 0 spiro atoms. The lowest BCUT2D eigenvalue weighted by atomic mass is 10.0. The van der Waals surface area contributed by atoms with E-state index >= 15 is 0 Å². The Bertz CT molecular complexity index is 389. The van der Waals surface area contributed by atoms with Gasteiger partial charge in [0.05, 0.1) is 5.60 Å². The predicted octanol–water partition coefficient (Wildman–Crippen LogP) is 2.22. The molecule has 17 heavy (non-hydrogen) atoms. The van der Waals surface area contributed by atoms with Gasteiger partial charge in [0.1, 0.15) is 0 Å². The summed E-state index contributed by atoms with van der Waals surface area (Å²) in [5.41, 5.74) is 0.910. The molecule has 0 aromatic heterocycles. The van der Waals surface area contributed by atoms with E-state index in [-0.39, 0.29) is 5.91 Å². The SMILES string of the molecule is CCC(C)(O)CNc1cccc(NC(C)=O)c1. The number of benzene rings is 1. The summed E-state index contributed by atoms with van der Waals surface area (Å²) >= 11 is 0.